The van der Waals surface area contributed by atoms with E-state index < -0.39 is 6.10 Å². The number of piperidine rings is 1. The number of hydrogen-bond acceptors (Lipinski definition) is 6. The number of phenols is 1. The lowest BCUT2D eigenvalue weighted by atomic mass is 9.87. The van der Waals surface area contributed by atoms with Crippen molar-refractivity contribution in [1.82, 2.24) is 9.80 Å². The van der Waals surface area contributed by atoms with Crippen molar-refractivity contribution < 1.29 is 24.5 Å². The molecule has 0 aromatic heterocycles. The first-order valence-electron chi connectivity index (χ1n) is 13.6. The standard InChI is InChI=1S/C31H33ClN2O5/c32-24-5-8-28-23(15-24)17-31(39-28)10-13-33(14-11-31)19-26(36)20-38-29-16-25(35)6-7-27(29)30(37)34-12-9-21-3-1-2-4-22(21)18-34/h1-8,15-16,26,35-36H,9-14,17-20H2/t26-/m0/s1. The second-order valence-electron chi connectivity index (χ2n) is 10.9. The quantitative estimate of drug-likeness (QED) is 0.473. The van der Waals surface area contributed by atoms with Crippen LogP contribution in [0.1, 0.15) is 39.9 Å². The van der Waals surface area contributed by atoms with Crippen LogP contribution in [0.25, 0.3) is 0 Å². The van der Waals surface area contributed by atoms with E-state index in [0.717, 1.165) is 60.7 Å². The maximum atomic E-state index is 13.4. The Labute approximate surface area is 233 Å². The summed E-state index contributed by atoms with van der Waals surface area (Å²) < 4.78 is 12.3. The molecule has 0 aliphatic carbocycles. The molecule has 3 aliphatic rings. The van der Waals surface area contributed by atoms with Crippen LogP contribution in [0.2, 0.25) is 5.02 Å². The van der Waals surface area contributed by atoms with Gasteiger partial charge in [0, 0.05) is 63.1 Å². The van der Waals surface area contributed by atoms with Crippen molar-refractivity contribution in [3.8, 4) is 17.2 Å². The van der Waals surface area contributed by atoms with Crippen molar-refractivity contribution in [3.63, 3.8) is 0 Å². The molecule has 39 heavy (non-hydrogen) atoms. The molecule has 0 saturated carbocycles. The van der Waals surface area contributed by atoms with Gasteiger partial charge in [0.2, 0.25) is 0 Å². The molecule has 204 valence electrons. The Hall–Kier alpha value is -3.26. The van der Waals surface area contributed by atoms with E-state index >= 15 is 0 Å². The van der Waals surface area contributed by atoms with Crippen molar-refractivity contribution >= 4 is 17.5 Å². The van der Waals surface area contributed by atoms with Gasteiger partial charge in [0.05, 0.1) is 5.56 Å². The number of aromatic hydroxyl groups is 1. The number of benzene rings is 3. The van der Waals surface area contributed by atoms with Crippen LogP contribution in [-0.2, 0) is 19.4 Å². The van der Waals surface area contributed by atoms with Crippen LogP contribution in [0, 0.1) is 0 Å². The van der Waals surface area contributed by atoms with Crippen LogP contribution in [0.5, 0.6) is 17.2 Å². The first-order chi connectivity index (χ1) is 18.9. The van der Waals surface area contributed by atoms with E-state index in [-0.39, 0.29) is 29.6 Å². The third-order valence-electron chi connectivity index (χ3n) is 8.14. The van der Waals surface area contributed by atoms with E-state index in [2.05, 4.69) is 17.0 Å². The lowest BCUT2D eigenvalue weighted by molar-refractivity contribution is -0.00203. The molecule has 0 radical (unpaired) electrons. The highest BCUT2D eigenvalue weighted by Crippen LogP contribution is 2.42. The van der Waals surface area contributed by atoms with Crippen molar-refractivity contribution in [1.29, 1.82) is 0 Å². The number of aliphatic hydroxyl groups is 1. The maximum Gasteiger partial charge on any atom is 0.257 e. The van der Waals surface area contributed by atoms with Gasteiger partial charge in [-0.3, -0.25) is 4.79 Å². The molecule has 1 amide bonds. The first-order valence-corrected chi connectivity index (χ1v) is 13.9. The number of carbonyl (C=O) groups is 1. The SMILES string of the molecule is O=C(c1ccc(O)cc1OC[C@@H](O)CN1CCC2(CC1)Cc1cc(Cl)ccc1O2)N1CCc2ccccc2C1. The van der Waals surface area contributed by atoms with E-state index in [9.17, 15) is 15.0 Å². The highest BCUT2D eigenvalue weighted by Gasteiger charge is 2.42. The molecule has 7 nitrogen and oxygen atoms in total. The molecule has 1 saturated heterocycles. The van der Waals surface area contributed by atoms with Gasteiger partial charge in [0.25, 0.3) is 5.91 Å². The molecule has 3 heterocycles. The summed E-state index contributed by atoms with van der Waals surface area (Å²) in [6.07, 6.45) is 2.66. The third kappa shape index (κ3) is 5.57. The molecule has 2 N–H and O–H groups in total. The zero-order valence-electron chi connectivity index (χ0n) is 21.8. The van der Waals surface area contributed by atoms with Gasteiger partial charge in [0.1, 0.15) is 35.6 Å². The Morgan fingerprint density at radius 3 is 2.64 bits per heavy atom. The number of hydrogen-bond donors (Lipinski definition) is 2. The van der Waals surface area contributed by atoms with Gasteiger partial charge in [-0.1, -0.05) is 35.9 Å². The number of phenolic OH excluding ortho intramolecular Hbond substituents is 1. The summed E-state index contributed by atoms with van der Waals surface area (Å²) in [5.41, 5.74) is 3.76. The van der Waals surface area contributed by atoms with Gasteiger partial charge >= 0.3 is 0 Å². The summed E-state index contributed by atoms with van der Waals surface area (Å²) in [6, 6.07) is 18.5. The van der Waals surface area contributed by atoms with Crippen LogP contribution >= 0.6 is 11.6 Å². The maximum absolute atomic E-state index is 13.4. The summed E-state index contributed by atoms with van der Waals surface area (Å²) >= 11 is 6.16. The molecule has 1 spiro atoms. The van der Waals surface area contributed by atoms with E-state index in [1.54, 1.807) is 11.0 Å². The Bertz CT molecular complexity index is 1370. The van der Waals surface area contributed by atoms with Crippen molar-refractivity contribution in [3.05, 3.63) is 87.9 Å². The lowest BCUT2D eigenvalue weighted by Crippen LogP contribution is -2.49. The summed E-state index contributed by atoms with van der Waals surface area (Å²) in [5.74, 6) is 1.08. The average molecular weight is 549 g/mol. The molecule has 1 atom stereocenters. The molecule has 3 aromatic carbocycles. The second-order valence-corrected chi connectivity index (χ2v) is 11.3. The number of carbonyl (C=O) groups excluding carboxylic acids is 1. The number of fused-ring (bicyclic) bond motifs is 2. The number of β-amino-alcohol motifs (C(OH)–C–C–N with tert-alkyl or cyclic N) is 1. The normalized spacial score (nSPS) is 18.8. The number of likely N-dealkylation sites (tertiary alicyclic amines) is 1. The fourth-order valence-corrected chi connectivity index (χ4v) is 6.20. The molecule has 3 aromatic rings. The van der Waals surface area contributed by atoms with Crippen molar-refractivity contribution in [2.45, 2.75) is 43.9 Å². The summed E-state index contributed by atoms with van der Waals surface area (Å²) in [4.78, 5) is 17.4. The molecule has 6 rings (SSSR count). The second kappa shape index (κ2) is 10.7. The van der Waals surface area contributed by atoms with Crippen molar-refractivity contribution in [2.24, 2.45) is 0 Å². The lowest BCUT2D eigenvalue weighted by Gasteiger charge is -2.39. The molecule has 3 aliphatic heterocycles. The van der Waals surface area contributed by atoms with Gasteiger partial charge in [-0.2, -0.15) is 0 Å². The Kier molecular flexibility index (Phi) is 7.14. The molecule has 0 unspecified atom stereocenters. The monoisotopic (exact) mass is 548 g/mol. The summed E-state index contributed by atoms with van der Waals surface area (Å²) in [5, 5.41) is 21.6. The fourth-order valence-electron chi connectivity index (χ4n) is 6.01. The largest absolute Gasteiger partial charge is 0.508 e. The Balaban J connectivity index is 1.03. The van der Waals surface area contributed by atoms with Crippen LogP contribution in [0.3, 0.4) is 0 Å². The number of amides is 1. The summed E-state index contributed by atoms with van der Waals surface area (Å²) in [6.45, 7) is 3.26. The van der Waals surface area contributed by atoms with Crippen LogP contribution in [0.15, 0.2) is 60.7 Å². The number of halogens is 1. The van der Waals surface area contributed by atoms with E-state index in [1.165, 1.54) is 17.7 Å². The number of rotatable bonds is 6. The minimum Gasteiger partial charge on any atom is -0.508 e. The first kappa shape index (κ1) is 26.0. The highest BCUT2D eigenvalue weighted by atomic mass is 35.5. The van der Waals surface area contributed by atoms with Gasteiger partial charge in [-0.05, 0) is 53.4 Å². The zero-order valence-corrected chi connectivity index (χ0v) is 22.6. The molecular weight excluding hydrogens is 516 g/mol. The van der Waals surface area contributed by atoms with Crippen LogP contribution < -0.4 is 9.47 Å². The zero-order chi connectivity index (χ0) is 27.0. The van der Waals surface area contributed by atoms with Gasteiger partial charge in [-0.25, -0.2) is 0 Å². The number of nitrogens with zero attached hydrogens (tertiary/aromatic N) is 2. The predicted molar refractivity (Wildman–Crippen MR) is 149 cm³/mol. The smallest absolute Gasteiger partial charge is 0.257 e. The molecular formula is C31H33ClN2O5. The number of ether oxygens (including phenoxy) is 2. The minimum atomic E-state index is -0.744. The predicted octanol–water partition coefficient (Wildman–Crippen LogP) is 4.45. The fraction of sp³-hybridized carbons (Fsp3) is 0.387. The van der Waals surface area contributed by atoms with E-state index in [1.807, 2.05) is 30.3 Å². The number of aliphatic hydroxyl groups excluding tert-OH is 1. The highest BCUT2D eigenvalue weighted by molar-refractivity contribution is 6.30. The van der Waals surface area contributed by atoms with E-state index in [0.29, 0.717) is 25.2 Å². The Morgan fingerprint density at radius 1 is 1.03 bits per heavy atom. The molecule has 0 bridgehead atoms. The van der Waals surface area contributed by atoms with Gasteiger partial charge in [-0.15, -0.1) is 0 Å². The van der Waals surface area contributed by atoms with Crippen LogP contribution in [0.4, 0.5) is 0 Å². The molecule has 1 fully saturated rings. The average Bonchev–Trinajstić information content (AvgIpc) is 3.29. The van der Waals surface area contributed by atoms with Gasteiger partial charge in [0.15, 0.2) is 0 Å². The Morgan fingerprint density at radius 2 is 1.82 bits per heavy atom. The minimum absolute atomic E-state index is 0.0141. The van der Waals surface area contributed by atoms with Gasteiger partial charge < -0.3 is 29.5 Å². The van der Waals surface area contributed by atoms with Crippen molar-refractivity contribution in [2.75, 3.05) is 32.8 Å². The van der Waals surface area contributed by atoms with Crippen LogP contribution in [-0.4, -0.2) is 70.4 Å². The topological polar surface area (TPSA) is 82.5 Å². The molecule has 8 heteroatoms. The summed E-state index contributed by atoms with van der Waals surface area (Å²) in [7, 11) is 0. The third-order valence-corrected chi connectivity index (χ3v) is 8.38. The van der Waals surface area contributed by atoms with E-state index in [4.69, 9.17) is 21.1 Å².